The van der Waals surface area contributed by atoms with Gasteiger partial charge in [0, 0.05) is 0 Å². The van der Waals surface area contributed by atoms with Crippen molar-refractivity contribution in [3.63, 3.8) is 0 Å². The molecule has 0 saturated carbocycles. The van der Waals surface area contributed by atoms with Crippen molar-refractivity contribution in [2.45, 2.75) is 145 Å². The second kappa shape index (κ2) is 12.5. The highest BCUT2D eigenvalue weighted by Gasteiger charge is 2.34. The van der Waals surface area contributed by atoms with Gasteiger partial charge in [-0.1, -0.05) is 79.6 Å². The average Bonchev–Trinajstić information content (AvgIpc) is 2.72. The lowest BCUT2D eigenvalue weighted by molar-refractivity contribution is 0.0513. The van der Waals surface area contributed by atoms with Crippen molar-refractivity contribution in [2.24, 2.45) is 17.8 Å². The predicted molar refractivity (Wildman–Crippen MR) is 142 cm³/mol. The van der Waals surface area contributed by atoms with E-state index in [4.69, 9.17) is 4.74 Å². The maximum Gasteiger partial charge on any atom is 0.126 e. The molecule has 3 atom stereocenters. The maximum atomic E-state index is 6.76. The highest BCUT2D eigenvalue weighted by Crippen LogP contribution is 2.42. The second-order valence-corrected chi connectivity index (χ2v) is 11.9. The van der Waals surface area contributed by atoms with Gasteiger partial charge in [-0.05, 0) is 105 Å². The van der Waals surface area contributed by atoms with Gasteiger partial charge in [-0.2, -0.15) is 0 Å². The maximum absolute atomic E-state index is 6.76. The molecule has 1 heteroatoms. The average molecular weight is 443 g/mol. The lowest BCUT2D eigenvalue weighted by Gasteiger charge is -2.38. The molecule has 0 bridgehead atoms. The molecule has 0 spiro atoms. The zero-order valence-corrected chi connectivity index (χ0v) is 23.1. The van der Waals surface area contributed by atoms with Gasteiger partial charge in [0.15, 0.2) is 0 Å². The minimum absolute atomic E-state index is 0.00895. The monoisotopic (exact) mass is 442 g/mol. The summed E-state index contributed by atoms with van der Waals surface area (Å²) in [6.45, 7) is 21.1. The molecule has 2 rings (SSSR count). The molecule has 0 N–H and O–H groups in total. The van der Waals surface area contributed by atoms with Gasteiger partial charge < -0.3 is 4.74 Å². The molecular weight excluding hydrogens is 388 g/mol. The van der Waals surface area contributed by atoms with Gasteiger partial charge in [-0.3, -0.25) is 0 Å². The van der Waals surface area contributed by atoms with E-state index in [1.54, 1.807) is 0 Å². The van der Waals surface area contributed by atoms with Crippen LogP contribution in [0.3, 0.4) is 0 Å². The molecule has 0 aromatic heterocycles. The molecule has 184 valence electrons. The topological polar surface area (TPSA) is 9.23 Å². The largest absolute Gasteiger partial charge is 0.487 e. The number of rotatable bonds is 13. The van der Waals surface area contributed by atoms with Crippen LogP contribution < -0.4 is 4.74 Å². The van der Waals surface area contributed by atoms with Crippen molar-refractivity contribution < 1.29 is 4.74 Å². The van der Waals surface area contributed by atoms with E-state index < -0.39 is 0 Å². The molecule has 3 unspecified atom stereocenters. The van der Waals surface area contributed by atoms with E-state index in [0.717, 1.165) is 30.6 Å². The Morgan fingerprint density at radius 2 is 1.34 bits per heavy atom. The minimum atomic E-state index is 0.00895. The van der Waals surface area contributed by atoms with Crippen LogP contribution in [0, 0.1) is 38.5 Å². The van der Waals surface area contributed by atoms with Crippen molar-refractivity contribution >= 4 is 0 Å². The number of ether oxygens (including phenoxy) is 1. The molecule has 1 aromatic carbocycles. The van der Waals surface area contributed by atoms with E-state index in [9.17, 15) is 0 Å². The van der Waals surface area contributed by atoms with E-state index in [1.807, 2.05) is 0 Å². The first-order valence-electron chi connectivity index (χ1n) is 13.9. The fourth-order valence-corrected chi connectivity index (χ4v) is 5.89. The minimum Gasteiger partial charge on any atom is -0.487 e. The molecule has 1 aliphatic heterocycles. The number of hydrogen-bond acceptors (Lipinski definition) is 1. The van der Waals surface area contributed by atoms with Gasteiger partial charge in [0.2, 0.25) is 0 Å². The van der Waals surface area contributed by atoms with E-state index in [-0.39, 0.29) is 5.60 Å². The van der Waals surface area contributed by atoms with Crippen LogP contribution in [0.4, 0.5) is 0 Å². The van der Waals surface area contributed by atoms with Crippen LogP contribution in [0.5, 0.6) is 5.75 Å². The summed E-state index contributed by atoms with van der Waals surface area (Å²) in [5.41, 5.74) is 7.34. The molecule has 0 radical (unpaired) electrons. The molecular formula is C31H54O. The molecule has 32 heavy (non-hydrogen) atoms. The van der Waals surface area contributed by atoms with Crippen molar-refractivity contribution in [2.75, 3.05) is 0 Å². The summed E-state index contributed by atoms with van der Waals surface area (Å²) in [6, 6.07) is 0. The Labute approximate surface area is 201 Å². The van der Waals surface area contributed by atoms with Crippen molar-refractivity contribution in [3.8, 4) is 5.75 Å². The van der Waals surface area contributed by atoms with Gasteiger partial charge >= 0.3 is 0 Å². The quantitative estimate of drug-likeness (QED) is 0.295. The molecule has 1 aliphatic rings. The van der Waals surface area contributed by atoms with Crippen LogP contribution in [0.25, 0.3) is 0 Å². The highest BCUT2D eigenvalue weighted by molar-refractivity contribution is 5.55. The zero-order valence-electron chi connectivity index (χ0n) is 23.1. The first-order chi connectivity index (χ1) is 15.1. The smallest absolute Gasteiger partial charge is 0.126 e. The van der Waals surface area contributed by atoms with Crippen molar-refractivity contribution in [3.05, 3.63) is 27.8 Å². The Morgan fingerprint density at radius 3 is 1.91 bits per heavy atom. The van der Waals surface area contributed by atoms with Crippen LogP contribution in [0.15, 0.2) is 0 Å². The summed E-state index contributed by atoms with van der Waals surface area (Å²) in [4.78, 5) is 0. The first-order valence-corrected chi connectivity index (χ1v) is 13.9. The molecule has 1 heterocycles. The normalized spacial score (nSPS) is 20.2. The second-order valence-electron chi connectivity index (χ2n) is 11.9. The van der Waals surface area contributed by atoms with Crippen LogP contribution in [0.2, 0.25) is 0 Å². The third-order valence-corrected chi connectivity index (χ3v) is 8.42. The van der Waals surface area contributed by atoms with Gasteiger partial charge in [0.1, 0.15) is 11.4 Å². The van der Waals surface area contributed by atoms with Crippen molar-refractivity contribution in [1.29, 1.82) is 0 Å². The van der Waals surface area contributed by atoms with E-state index in [2.05, 4.69) is 62.3 Å². The van der Waals surface area contributed by atoms with Gasteiger partial charge in [-0.15, -0.1) is 0 Å². The number of benzene rings is 1. The zero-order chi connectivity index (χ0) is 23.9. The standard InChI is InChI=1S/C31H54O/c1-10-28-25(6)26(7)30-29(27(28)8)19-21-31(9,32-30)20-13-18-24(5)17-12-16-23(4)15-11-14-22(2)3/h22-24H,10-21H2,1-9H3. The summed E-state index contributed by atoms with van der Waals surface area (Å²) < 4.78 is 6.76. The fourth-order valence-electron chi connectivity index (χ4n) is 5.89. The predicted octanol–water partition coefficient (Wildman–Crippen LogP) is 9.70. The van der Waals surface area contributed by atoms with Crippen LogP contribution in [-0.2, 0) is 12.8 Å². The van der Waals surface area contributed by atoms with Crippen LogP contribution in [0.1, 0.15) is 134 Å². The van der Waals surface area contributed by atoms with Gasteiger partial charge in [0.05, 0.1) is 0 Å². The van der Waals surface area contributed by atoms with Gasteiger partial charge in [0.25, 0.3) is 0 Å². The third kappa shape index (κ3) is 7.53. The van der Waals surface area contributed by atoms with E-state index >= 15 is 0 Å². The van der Waals surface area contributed by atoms with E-state index in [1.165, 1.54) is 97.8 Å². The van der Waals surface area contributed by atoms with Crippen molar-refractivity contribution in [1.82, 2.24) is 0 Å². The third-order valence-electron chi connectivity index (χ3n) is 8.42. The lowest BCUT2D eigenvalue weighted by Crippen LogP contribution is -2.37. The SMILES string of the molecule is CCc1c(C)c(C)c2c(c1C)CCC(C)(CCCC(C)CCCC(C)CCCC(C)C)O2. The summed E-state index contributed by atoms with van der Waals surface area (Å²) in [5, 5.41) is 0. The molecule has 1 nitrogen and oxygen atoms in total. The summed E-state index contributed by atoms with van der Waals surface area (Å²) in [6.07, 6.45) is 15.7. The van der Waals surface area contributed by atoms with Crippen LogP contribution in [-0.4, -0.2) is 5.60 Å². The Bertz CT molecular complexity index is 716. The fraction of sp³-hybridized carbons (Fsp3) is 0.806. The molecule has 1 aromatic rings. The Kier molecular flexibility index (Phi) is 10.6. The molecule has 0 saturated heterocycles. The molecule has 0 aliphatic carbocycles. The summed E-state index contributed by atoms with van der Waals surface area (Å²) >= 11 is 0. The van der Waals surface area contributed by atoms with Gasteiger partial charge in [-0.25, -0.2) is 0 Å². The molecule has 0 fully saturated rings. The number of fused-ring (bicyclic) bond motifs is 1. The van der Waals surface area contributed by atoms with E-state index in [0.29, 0.717) is 0 Å². The first kappa shape index (κ1) is 27.3. The lowest BCUT2D eigenvalue weighted by atomic mass is 9.82. The van der Waals surface area contributed by atoms with Crippen LogP contribution >= 0.6 is 0 Å². The summed E-state index contributed by atoms with van der Waals surface area (Å²) in [7, 11) is 0. The Balaban J connectivity index is 1.77. The highest BCUT2D eigenvalue weighted by atomic mass is 16.5. The Hall–Kier alpha value is -0.980. The number of hydrogen-bond donors (Lipinski definition) is 0. The summed E-state index contributed by atoms with van der Waals surface area (Å²) in [5.74, 6) is 3.82. The molecule has 0 amide bonds. The Morgan fingerprint density at radius 1 is 0.781 bits per heavy atom.